The van der Waals surface area contributed by atoms with E-state index in [9.17, 15) is 0 Å². The third kappa shape index (κ3) is 4.09. The van der Waals surface area contributed by atoms with Gasteiger partial charge >= 0.3 is 0 Å². The van der Waals surface area contributed by atoms with E-state index in [1.165, 1.54) is 99.0 Å². The molecule has 4 heteroatoms. The Bertz CT molecular complexity index is 3000. The Labute approximate surface area is 344 Å². The van der Waals surface area contributed by atoms with Crippen LogP contribution in [0.15, 0.2) is 158 Å². The molecule has 0 radical (unpaired) electrons. The van der Waals surface area contributed by atoms with Gasteiger partial charge in [0.2, 0.25) is 0 Å². The van der Waals surface area contributed by atoms with E-state index >= 15 is 0 Å². The average molecular weight is 757 g/mol. The molecule has 0 atom stereocenters. The fourth-order valence-electron chi connectivity index (χ4n) is 13.6. The van der Waals surface area contributed by atoms with Crippen LogP contribution in [0.1, 0.15) is 65.6 Å². The zero-order valence-electron chi connectivity index (χ0n) is 32.6. The minimum atomic E-state index is -0.448. The maximum absolute atomic E-state index is 5.75. The van der Waals surface area contributed by atoms with Crippen molar-refractivity contribution in [3.8, 4) is 67.7 Å². The Kier molecular flexibility index (Phi) is 6.36. The Hall–Kier alpha value is -6.52. The molecule has 280 valence electrons. The van der Waals surface area contributed by atoms with Crippen molar-refractivity contribution in [3.63, 3.8) is 0 Å². The van der Waals surface area contributed by atoms with Crippen LogP contribution in [-0.4, -0.2) is 19.9 Å². The summed E-state index contributed by atoms with van der Waals surface area (Å²) in [4.78, 5) is 21.7. The summed E-state index contributed by atoms with van der Waals surface area (Å²) in [5.41, 5.74) is 18.1. The number of pyridine rings is 1. The molecule has 0 saturated heterocycles. The second-order valence-electron chi connectivity index (χ2n) is 18.1. The molecular formula is C55H40N4. The second-order valence-corrected chi connectivity index (χ2v) is 18.1. The first-order chi connectivity index (χ1) is 29.2. The maximum atomic E-state index is 5.75. The van der Waals surface area contributed by atoms with Gasteiger partial charge < -0.3 is 0 Å². The summed E-state index contributed by atoms with van der Waals surface area (Å²) in [5, 5.41) is 0. The Balaban J connectivity index is 0.979. The van der Waals surface area contributed by atoms with E-state index in [0.29, 0.717) is 29.3 Å². The van der Waals surface area contributed by atoms with Gasteiger partial charge in [-0.05, 0) is 124 Å². The molecule has 2 spiro atoms. The molecule has 59 heavy (non-hydrogen) atoms. The largest absolute Gasteiger partial charge is 0.248 e. The first kappa shape index (κ1) is 32.4. The van der Waals surface area contributed by atoms with Crippen LogP contribution in [0.4, 0.5) is 0 Å². The molecule has 0 N–H and O–H groups in total. The number of fused-ring (bicyclic) bond motifs is 13. The lowest BCUT2D eigenvalue weighted by atomic mass is 9.43. The number of aromatic nitrogens is 4. The maximum Gasteiger partial charge on any atom is 0.182 e. The van der Waals surface area contributed by atoms with Gasteiger partial charge in [0.15, 0.2) is 17.5 Å². The van der Waals surface area contributed by atoms with Crippen molar-refractivity contribution >= 4 is 0 Å². The van der Waals surface area contributed by atoms with Crippen LogP contribution in [0.3, 0.4) is 0 Å². The van der Waals surface area contributed by atoms with E-state index in [1.54, 1.807) is 0 Å². The fourth-order valence-corrected chi connectivity index (χ4v) is 13.6. The number of benzene rings is 6. The van der Waals surface area contributed by atoms with E-state index in [0.717, 1.165) is 28.7 Å². The average Bonchev–Trinajstić information content (AvgIpc) is 3.88. The van der Waals surface area contributed by atoms with E-state index in [-0.39, 0.29) is 5.41 Å². The molecule has 7 aliphatic carbocycles. The van der Waals surface area contributed by atoms with Crippen molar-refractivity contribution in [2.45, 2.75) is 42.9 Å². The summed E-state index contributed by atoms with van der Waals surface area (Å²) < 4.78 is 0. The summed E-state index contributed by atoms with van der Waals surface area (Å²) in [5.74, 6) is 4.95. The summed E-state index contributed by atoms with van der Waals surface area (Å²) in [7, 11) is 0. The molecule has 4 bridgehead atoms. The van der Waals surface area contributed by atoms with Crippen LogP contribution >= 0.6 is 0 Å². The van der Waals surface area contributed by atoms with Crippen molar-refractivity contribution in [1.82, 2.24) is 19.9 Å². The van der Waals surface area contributed by atoms with Crippen molar-refractivity contribution in [2.24, 2.45) is 23.7 Å². The van der Waals surface area contributed by atoms with E-state index in [1.807, 2.05) is 6.07 Å². The minimum absolute atomic E-state index is 0.0371. The van der Waals surface area contributed by atoms with Gasteiger partial charge in [0.05, 0.1) is 11.1 Å². The SMILES string of the molecule is c1ccc(-c2nc(-c3ccc4c(c3)C3(c5ccccc5-c5ccccc53)c3ccccc3-4)nc(-c3ccc4c(n3)C3(c5ccccc5-4)C4CC5CC(C4)CC3C5)n2)cc1. The Morgan fingerprint density at radius 3 is 1.44 bits per heavy atom. The third-order valence-electron chi connectivity index (χ3n) is 15.5. The molecule has 2 aromatic heterocycles. The van der Waals surface area contributed by atoms with Crippen molar-refractivity contribution in [3.05, 3.63) is 191 Å². The topological polar surface area (TPSA) is 51.6 Å². The van der Waals surface area contributed by atoms with Gasteiger partial charge in [0.1, 0.15) is 5.69 Å². The lowest BCUT2D eigenvalue weighted by molar-refractivity contribution is -0.0415. The molecule has 15 rings (SSSR count). The van der Waals surface area contributed by atoms with Crippen LogP contribution in [0.25, 0.3) is 67.7 Å². The van der Waals surface area contributed by atoms with E-state index in [4.69, 9.17) is 19.9 Å². The van der Waals surface area contributed by atoms with Crippen molar-refractivity contribution in [1.29, 1.82) is 0 Å². The quantitative estimate of drug-likeness (QED) is 0.180. The summed E-state index contributed by atoms with van der Waals surface area (Å²) in [6, 6.07) is 57.9. The predicted octanol–water partition coefficient (Wildman–Crippen LogP) is 12.3. The Morgan fingerprint density at radius 1 is 0.356 bits per heavy atom. The van der Waals surface area contributed by atoms with Crippen LogP contribution in [0.5, 0.6) is 0 Å². The molecule has 4 nitrogen and oxygen atoms in total. The number of hydrogen-bond acceptors (Lipinski definition) is 4. The van der Waals surface area contributed by atoms with Crippen LogP contribution in [-0.2, 0) is 10.8 Å². The molecule has 7 aliphatic rings. The van der Waals surface area contributed by atoms with Crippen LogP contribution in [0.2, 0.25) is 0 Å². The molecule has 0 amide bonds. The minimum Gasteiger partial charge on any atom is -0.248 e. The summed E-state index contributed by atoms with van der Waals surface area (Å²) in [6.45, 7) is 0. The fraction of sp³-hybridized carbons (Fsp3) is 0.200. The molecule has 4 fully saturated rings. The molecular weight excluding hydrogens is 717 g/mol. The Morgan fingerprint density at radius 2 is 0.831 bits per heavy atom. The van der Waals surface area contributed by atoms with Crippen LogP contribution in [0, 0.1) is 23.7 Å². The summed E-state index contributed by atoms with van der Waals surface area (Å²) in [6.07, 6.45) is 6.70. The van der Waals surface area contributed by atoms with Crippen molar-refractivity contribution in [2.75, 3.05) is 0 Å². The molecule has 4 saturated carbocycles. The highest BCUT2D eigenvalue weighted by molar-refractivity contribution is 5.95. The first-order valence-electron chi connectivity index (χ1n) is 21.6. The highest BCUT2D eigenvalue weighted by atomic mass is 15.0. The van der Waals surface area contributed by atoms with Gasteiger partial charge in [-0.2, -0.15) is 0 Å². The normalized spacial score (nSPS) is 23.8. The van der Waals surface area contributed by atoms with Gasteiger partial charge in [-0.3, -0.25) is 0 Å². The van der Waals surface area contributed by atoms with Gasteiger partial charge in [-0.15, -0.1) is 0 Å². The van der Waals surface area contributed by atoms with Crippen LogP contribution < -0.4 is 0 Å². The lowest BCUT2D eigenvalue weighted by Crippen LogP contribution is -2.55. The number of hydrogen-bond donors (Lipinski definition) is 0. The van der Waals surface area contributed by atoms with Gasteiger partial charge in [-0.25, -0.2) is 19.9 Å². The number of rotatable bonds is 3. The van der Waals surface area contributed by atoms with Gasteiger partial charge in [-0.1, -0.05) is 146 Å². The first-order valence-corrected chi connectivity index (χ1v) is 21.6. The zero-order chi connectivity index (χ0) is 38.5. The molecule has 2 heterocycles. The number of nitrogens with zero attached hydrogens (tertiary/aromatic N) is 4. The zero-order valence-corrected chi connectivity index (χ0v) is 32.6. The standard InChI is InChI=1S/C55H40N4/c1-2-12-34(13-3-1)51-57-52(35-22-23-42-40-16-6-11-21-47(40)55(48(42)31-35)45-19-9-4-14-38(45)39-15-5-10-20-46(39)55)59-53(58-51)49-25-24-43-41-17-7-8-18-44(41)54(50(43)56-49)36-27-32-26-33(29-36)30-37(54)28-32/h1-25,31-33,36-37H,26-30H2. The molecule has 8 aromatic rings. The monoisotopic (exact) mass is 756 g/mol. The predicted molar refractivity (Wildman–Crippen MR) is 233 cm³/mol. The highest BCUT2D eigenvalue weighted by Gasteiger charge is 2.62. The molecule has 6 aromatic carbocycles. The van der Waals surface area contributed by atoms with Gasteiger partial charge in [0.25, 0.3) is 0 Å². The lowest BCUT2D eigenvalue weighted by Gasteiger charge is -2.60. The second kappa shape index (κ2) is 11.6. The summed E-state index contributed by atoms with van der Waals surface area (Å²) >= 11 is 0. The van der Waals surface area contributed by atoms with E-state index in [2.05, 4.69) is 152 Å². The highest BCUT2D eigenvalue weighted by Crippen LogP contribution is 2.69. The smallest absolute Gasteiger partial charge is 0.182 e. The molecule has 0 unspecified atom stereocenters. The van der Waals surface area contributed by atoms with Crippen molar-refractivity contribution < 1.29 is 0 Å². The molecule has 0 aliphatic heterocycles. The van der Waals surface area contributed by atoms with E-state index < -0.39 is 5.41 Å². The van der Waals surface area contributed by atoms with Gasteiger partial charge in [0, 0.05) is 22.1 Å². The third-order valence-corrected chi connectivity index (χ3v) is 15.5.